The lowest BCUT2D eigenvalue weighted by Crippen LogP contribution is -2.32. The van der Waals surface area contributed by atoms with Crippen molar-refractivity contribution in [1.29, 1.82) is 0 Å². The summed E-state index contributed by atoms with van der Waals surface area (Å²) in [7, 11) is 0. The van der Waals surface area contributed by atoms with Gasteiger partial charge in [0.2, 0.25) is 0 Å². The van der Waals surface area contributed by atoms with E-state index in [1.165, 1.54) is 42.4 Å². The molecule has 0 radical (unpaired) electrons. The Labute approximate surface area is 106 Å². The normalized spacial score (nSPS) is 24.9. The van der Waals surface area contributed by atoms with Crippen LogP contribution in [0.5, 0.6) is 0 Å². The summed E-state index contributed by atoms with van der Waals surface area (Å²) in [4.78, 5) is 0. The number of rotatable bonds is 3. The van der Waals surface area contributed by atoms with E-state index in [-0.39, 0.29) is 0 Å². The molecule has 1 aliphatic carbocycles. The molecule has 0 spiro atoms. The van der Waals surface area contributed by atoms with Gasteiger partial charge < -0.3 is 5.32 Å². The molecule has 1 aliphatic rings. The maximum absolute atomic E-state index is 3.73. The van der Waals surface area contributed by atoms with Crippen LogP contribution in [0, 0.1) is 19.8 Å². The summed E-state index contributed by atoms with van der Waals surface area (Å²) in [5.41, 5.74) is 4.24. The van der Waals surface area contributed by atoms with Crippen LogP contribution >= 0.6 is 0 Å². The highest BCUT2D eigenvalue weighted by Crippen LogP contribution is 2.23. The van der Waals surface area contributed by atoms with Gasteiger partial charge in [-0.3, -0.25) is 0 Å². The van der Waals surface area contributed by atoms with E-state index >= 15 is 0 Å². The quantitative estimate of drug-likeness (QED) is 0.830. The smallest absolute Gasteiger partial charge is 0.0210 e. The minimum Gasteiger partial charge on any atom is -0.310 e. The monoisotopic (exact) mass is 231 g/mol. The van der Waals surface area contributed by atoms with Gasteiger partial charge >= 0.3 is 0 Å². The SMILES string of the molecule is Cc1ccc(C)c(CNC2CCC(C)CC2)c1. The maximum atomic E-state index is 3.73. The van der Waals surface area contributed by atoms with E-state index in [4.69, 9.17) is 0 Å². The number of hydrogen-bond acceptors (Lipinski definition) is 1. The van der Waals surface area contributed by atoms with Crippen LogP contribution in [-0.4, -0.2) is 6.04 Å². The topological polar surface area (TPSA) is 12.0 Å². The third-order valence-electron chi connectivity index (χ3n) is 4.10. The van der Waals surface area contributed by atoms with Crippen LogP contribution in [0.3, 0.4) is 0 Å². The summed E-state index contributed by atoms with van der Waals surface area (Å²) in [5, 5.41) is 3.73. The van der Waals surface area contributed by atoms with E-state index in [9.17, 15) is 0 Å². The molecule has 0 bridgehead atoms. The Kier molecular flexibility index (Phi) is 4.22. The Morgan fingerprint density at radius 1 is 1.12 bits per heavy atom. The van der Waals surface area contributed by atoms with Crippen molar-refractivity contribution in [1.82, 2.24) is 5.32 Å². The Hall–Kier alpha value is -0.820. The van der Waals surface area contributed by atoms with Crippen LogP contribution in [0.4, 0.5) is 0 Å². The van der Waals surface area contributed by atoms with Crippen LogP contribution < -0.4 is 5.32 Å². The second-order valence-electron chi connectivity index (χ2n) is 5.77. The van der Waals surface area contributed by atoms with Crippen LogP contribution in [-0.2, 0) is 6.54 Å². The molecule has 1 nitrogen and oxygen atoms in total. The fourth-order valence-corrected chi connectivity index (χ4v) is 2.71. The summed E-state index contributed by atoms with van der Waals surface area (Å²) in [5.74, 6) is 0.939. The lowest BCUT2D eigenvalue weighted by Gasteiger charge is -2.27. The van der Waals surface area contributed by atoms with Gasteiger partial charge in [0.15, 0.2) is 0 Å². The number of nitrogens with one attached hydrogen (secondary N) is 1. The predicted octanol–water partition coefficient (Wildman–Crippen LogP) is 3.97. The van der Waals surface area contributed by atoms with Gasteiger partial charge in [-0.05, 0) is 56.6 Å². The molecule has 94 valence electrons. The highest BCUT2D eigenvalue weighted by atomic mass is 14.9. The molecular formula is C16H25N. The Morgan fingerprint density at radius 3 is 2.53 bits per heavy atom. The fraction of sp³-hybridized carbons (Fsp3) is 0.625. The van der Waals surface area contributed by atoms with E-state index in [0.29, 0.717) is 0 Å². The summed E-state index contributed by atoms with van der Waals surface area (Å²) in [6.07, 6.45) is 5.49. The second-order valence-corrected chi connectivity index (χ2v) is 5.77. The molecule has 1 N–H and O–H groups in total. The van der Waals surface area contributed by atoms with Gasteiger partial charge in [0.05, 0.1) is 0 Å². The average molecular weight is 231 g/mol. The zero-order valence-corrected chi connectivity index (χ0v) is 11.4. The largest absolute Gasteiger partial charge is 0.310 e. The minimum absolute atomic E-state index is 0.742. The first kappa shape index (κ1) is 12.6. The van der Waals surface area contributed by atoms with Gasteiger partial charge in [0, 0.05) is 12.6 Å². The Balaban J connectivity index is 1.87. The van der Waals surface area contributed by atoms with Crippen molar-refractivity contribution in [3.63, 3.8) is 0 Å². The number of benzene rings is 1. The number of hydrogen-bond donors (Lipinski definition) is 1. The summed E-state index contributed by atoms with van der Waals surface area (Å²) >= 11 is 0. The van der Waals surface area contributed by atoms with E-state index in [1.807, 2.05) is 0 Å². The molecule has 0 unspecified atom stereocenters. The van der Waals surface area contributed by atoms with Crippen molar-refractivity contribution in [3.05, 3.63) is 34.9 Å². The van der Waals surface area contributed by atoms with Crippen molar-refractivity contribution >= 4 is 0 Å². The van der Waals surface area contributed by atoms with Crippen molar-refractivity contribution < 1.29 is 0 Å². The van der Waals surface area contributed by atoms with Gasteiger partial charge in [-0.1, -0.05) is 30.7 Å². The number of aryl methyl sites for hydroxylation is 2. The zero-order chi connectivity index (χ0) is 12.3. The molecule has 0 aromatic heterocycles. The van der Waals surface area contributed by atoms with Crippen molar-refractivity contribution in [2.45, 2.75) is 59.0 Å². The molecule has 0 amide bonds. The van der Waals surface area contributed by atoms with Gasteiger partial charge in [0.25, 0.3) is 0 Å². The maximum Gasteiger partial charge on any atom is 0.0210 e. The van der Waals surface area contributed by atoms with Crippen molar-refractivity contribution in [2.24, 2.45) is 5.92 Å². The molecule has 1 fully saturated rings. The van der Waals surface area contributed by atoms with Crippen molar-refractivity contribution in [2.75, 3.05) is 0 Å². The lowest BCUT2D eigenvalue weighted by atomic mass is 9.87. The molecule has 0 saturated heterocycles. The molecule has 0 aliphatic heterocycles. The van der Waals surface area contributed by atoms with Crippen LogP contribution in [0.1, 0.15) is 49.3 Å². The summed E-state index contributed by atoms with van der Waals surface area (Å²) in [6, 6.07) is 7.48. The minimum atomic E-state index is 0.742. The van der Waals surface area contributed by atoms with Gasteiger partial charge in [-0.25, -0.2) is 0 Å². The molecular weight excluding hydrogens is 206 g/mol. The van der Waals surface area contributed by atoms with Crippen LogP contribution in [0.2, 0.25) is 0 Å². The van der Waals surface area contributed by atoms with E-state index in [1.54, 1.807) is 0 Å². The third-order valence-corrected chi connectivity index (χ3v) is 4.10. The Bertz CT molecular complexity index is 362. The van der Waals surface area contributed by atoms with Crippen LogP contribution in [0.15, 0.2) is 18.2 Å². The highest BCUT2D eigenvalue weighted by molar-refractivity contribution is 5.30. The average Bonchev–Trinajstić information content (AvgIpc) is 2.32. The van der Waals surface area contributed by atoms with E-state index < -0.39 is 0 Å². The lowest BCUT2D eigenvalue weighted by molar-refractivity contribution is 0.306. The fourth-order valence-electron chi connectivity index (χ4n) is 2.71. The summed E-state index contributed by atoms with van der Waals surface area (Å²) < 4.78 is 0. The van der Waals surface area contributed by atoms with E-state index in [2.05, 4.69) is 44.3 Å². The molecule has 0 heterocycles. The van der Waals surface area contributed by atoms with Gasteiger partial charge in [-0.15, -0.1) is 0 Å². The first-order chi connectivity index (χ1) is 8.15. The first-order valence-electron chi connectivity index (χ1n) is 6.94. The van der Waals surface area contributed by atoms with E-state index in [0.717, 1.165) is 18.5 Å². The van der Waals surface area contributed by atoms with Gasteiger partial charge in [-0.2, -0.15) is 0 Å². The molecule has 17 heavy (non-hydrogen) atoms. The molecule has 1 aromatic rings. The molecule has 0 atom stereocenters. The zero-order valence-electron chi connectivity index (χ0n) is 11.4. The standard InChI is InChI=1S/C16H25N/c1-12-5-8-16(9-6-12)17-11-15-10-13(2)4-7-14(15)3/h4,7,10,12,16-17H,5-6,8-9,11H2,1-3H3. The molecule has 1 aromatic carbocycles. The Morgan fingerprint density at radius 2 is 1.82 bits per heavy atom. The second kappa shape index (κ2) is 5.68. The molecule has 1 saturated carbocycles. The molecule has 2 rings (SSSR count). The third kappa shape index (κ3) is 3.57. The highest BCUT2D eigenvalue weighted by Gasteiger charge is 2.17. The molecule has 1 heteroatoms. The van der Waals surface area contributed by atoms with Gasteiger partial charge in [0.1, 0.15) is 0 Å². The predicted molar refractivity (Wildman–Crippen MR) is 74.2 cm³/mol. The van der Waals surface area contributed by atoms with Crippen LogP contribution in [0.25, 0.3) is 0 Å². The first-order valence-corrected chi connectivity index (χ1v) is 6.94. The van der Waals surface area contributed by atoms with Crippen molar-refractivity contribution in [3.8, 4) is 0 Å². The summed E-state index contributed by atoms with van der Waals surface area (Å²) in [6.45, 7) is 7.79.